The largest absolute Gasteiger partial charge is 0.497 e. The molecule has 0 bridgehead atoms. The van der Waals surface area contributed by atoms with Gasteiger partial charge in [0, 0.05) is 26.7 Å². The number of ether oxygens (including phenoxy) is 2. The summed E-state index contributed by atoms with van der Waals surface area (Å²) >= 11 is 0. The van der Waals surface area contributed by atoms with E-state index in [0.717, 1.165) is 25.7 Å². The Morgan fingerprint density at radius 3 is 2.24 bits per heavy atom. The number of nitrogens with zero attached hydrogens (tertiary/aromatic N) is 2. The van der Waals surface area contributed by atoms with Crippen molar-refractivity contribution in [3.05, 3.63) is 23.3 Å². The van der Waals surface area contributed by atoms with Crippen LogP contribution in [-0.2, 0) is 19.6 Å². The number of methoxy groups -OCH3 is 1. The second kappa shape index (κ2) is 10.4. The minimum Gasteiger partial charge on any atom is -0.497 e. The van der Waals surface area contributed by atoms with Gasteiger partial charge in [-0.3, -0.25) is 4.79 Å². The van der Waals surface area contributed by atoms with Crippen LogP contribution in [0.5, 0.6) is 5.75 Å². The van der Waals surface area contributed by atoms with E-state index in [-0.39, 0.29) is 30.6 Å². The van der Waals surface area contributed by atoms with Gasteiger partial charge in [0.15, 0.2) is 0 Å². The van der Waals surface area contributed by atoms with Gasteiger partial charge in [0.1, 0.15) is 12.4 Å². The third-order valence-electron chi connectivity index (χ3n) is 5.63. The highest BCUT2D eigenvalue weighted by molar-refractivity contribution is 7.89. The van der Waals surface area contributed by atoms with E-state index in [9.17, 15) is 13.2 Å². The van der Waals surface area contributed by atoms with Crippen LogP contribution in [0.15, 0.2) is 17.0 Å². The Balaban J connectivity index is 1.88. The molecule has 8 heteroatoms. The van der Waals surface area contributed by atoms with Crippen LogP contribution in [-0.4, -0.2) is 70.5 Å². The molecule has 1 amide bonds. The van der Waals surface area contributed by atoms with Crippen LogP contribution in [0, 0.1) is 13.8 Å². The van der Waals surface area contributed by atoms with Crippen molar-refractivity contribution < 1.29 is 22.7 Å². The fourth-order valence-electron chi connectivity index (χ4n) is 3.84. The van der Waals surface area contributed by atoms with E-state index in [4.69, 9.17) is 9.47 Å². The molecule has 1 aromatic rings. The minimum atomic E-state index is -3.66. The first-order valence-electron chi connectivity index (χ1n) is 10.1. The fourth-order valence-corrected chi connectivity index (χ4v) is 5.40. The Morgan fingerprint density at radius 1 is 1.10 bits per heavy atom. The molecule has 1 fully saturated rings. The quantitative estimate of drug-likeness (QED) is 0.568. The Labute approximate surface area is 175 Å². The summed E-state index contributed by atoms with van der Waals surface area (Å²) in [6, 6.07) is 3.72. The zero-order chi connectivity index (χ0) is 21.6. The molecule has 0 saturated heterocycles. The molecule has 0 N–H and O–H groups in total. The zero-order valence-corrected chi connectivity index (χ0v) is 19.0. The number of hydrogen-bond donors (Lipinski definition) is 0. The van der Waals surface area contributed by atoms with Gasteiger partial charge in [0.2, 0.25) is 15.9 Å². The first kappa shape index (κ1) is 23.6. The summed E-state index contributed by atoms with van der Waals surface area (Å²) in [6.45, 7) is 3.82. The highest BCUT2D eigenvalue weighted by Crippen LogP contribution is 2.27. The van der Waals surface area contributed by atoms with E-state index < -0.39 is 10.0 Å². The Bertz CT molecular complexity index is 780. The Morgan fingerprint density at radius 2 is 1.69 bits per heavy atom. The molecule has 2 rings (SSSR count). The van der Waals surface area contributed by atoms with Crippen LogP contribution in [0.4, 0.5) is 0 Å². The average molecular weight is 427 g/mol. The monoisotopic (exact) mass is 426 g/mol. The van der Waals surface area contributed by atoms with Gasteiger partial charge in [-0.15, -0.1) is 0 Å². The third kappa shape index (κ3) is 5.93. The lowest BCUT2D eigenvalue weighted by Crippen LogP contribution is -2.40. The molecule has 0 radical (unpaired) electrons. The lowest BCUT2D eigenvalue weighted by atomic mass is 9.94. The summed E-state index contributed by atoms with van der Waals surface area (Å²) < 4.78 is 37.9. The van der Waals surface area contributed by atoms with Crippen molar-refractivity contribution >= 4 is 15.9 Å². The molecule has 1 aliphatic carbocycles. The van der Waals surface area contributed by atoms with Crippen molar-refractivity contribution in [2.75, 3.05) is 41.0 Å². The van der Waals surface area contributed by atoms with Crippen LogP contribution in [0.3, 0.4) is 0 Å². The molecule has 0 atom stereocenters. The number of rotatable bonds is 9. The maximum Gasteiger partial charge on any atom is 0.248 e. The van der Waals surface area contributed by atoms with Crippen molar-refractivity contribution in [3.8, 4) is 5.75 Å². The number of sulfonamides is 1. The number of likely N-dealkylation sites (N-methyl/N-ethyl adjacent to an activating group) is 2. The lowest BCUT2D eigenvalue weighted by Gasteiger charge is -2.31. The molecule has 7 nitrogen and oxygen atoms in total. The summed E-state index contributed by atoms with van der Waals surface area (Å²) in [5, 5.41) is 0. The maximum absolute atomic E-state index is 13.0. The highest BCUT2D eigenvalue weighted by atomic mass is 32.2. The van der Waals surface area contributed by atoms with Gasteiger partial charge in [0.25, 0.3) is 0 Å². The number of amides is 1. The first-order valence-corrected chi connectivity index (χ1v) is 11.6. The van der Waals surface area contributed by atoms with E-state index in [0.29, 0.717) is 22.9 Å². The van der Waals surface area contributed by atoms with Crippen molar-refractivity contribution in [3.63, 3.8) is 0 Å². The average Bonchev–Trinajstić information content (AvgIpc) is 2.69. The molecule has 0 aliphatic heterocycles. The van der Waals surface area contributed by atoms with Gasteiger partial charge in [-0.25, -0.2) is 8.42 Å². The first-order chi connectivity index (χ1) is 13.7. The standard InChI is InChI=1S/C21H34N2O5S/c1-16-13-19(27-5)14-17(2)21(16)29(25,26)22(3)11-12-28-15-20(24)23(4)18-9-7-6-8-10-18/h13-14,18H,6-12,15H2,1-5H3. The predicted molar refractivity (Wildman–Crippen MR) is 113 cm³/mol. The number of benzene rings is 1. The van der Waals surface area contributed by atoms with Gasteiger partial charge in [0.05, 0.1) is 18.6 Å². The summed E-state index contributed by atoms with van der Waals surface area (Å²) in [5.74, 6) is 0.579. The van der Waals surface area contributed by atoms with Crippen molar-refractivity contribution in [1.29, 1.82) is 0 Å². The Kier molecular flexibility index (Phi) is 8.48. The fraction of sp³-hybridized carbons (Fsp3) is 0.667. The SMILES string of the molecule is COc1cc(C)c(S(=O)(=O)N(C)CCOCC(=O)N(C)C2CCCCC2)c(C)c1. The second-order valence-electron chi connectivity index (χ2n) is 7.77. The smallest absolute Gasteiger partial charge is 0.248 e. The molecule has 1 aliphatic rings. The maximum atomic E-state index is 13.0. The second-order valence-corrected chi connectivity index (χ2v) is 9.75. The van der Waals surface area contributed by atoms with Crippen LogP contribution < -0.4 is 4.74 Å². The molecule has 0 unspecified atom stereocenters. The van der Waals surface area contributed by atoms with Crippen LogP contribution in [0.2, 0.25) is 0 Å². The van der Waals surface area contributed by atoms with E-state index in [2.05, 4.69) is 0 Å². The van der Waals surface area contributed by atoms with Crippen molar-refractivity contribution in [1.82, 2.24) is 9.21 Å². The van der Waals surface area contributed by atoms with Gasteiger partial charge in [-0.2, -0.15) is 4.31 Å². The molecular formula is C21H34N2O5S. The number of carbonyl (C=O) groups is 1. The molecule has 0 aromatic heterocycles. The number of aryl methyl sites for hydroxylation is 2. The molecule has 0 heterocycles. The topological polar surface area (TPSA) is 76.1 Å². The normalized spacial score (nSPS) is 15.5. The Hall–Kier alpha value is -1.64. The van der Waals surface area contributed by atoms with E-state index in [1.54, 1.807) is 38.0 Å². The van der Waals surface area contributed by atoms with E-state index in [1.807, 2.05) is 7.05 Å². The van der Waals surface area contributed by atoms with Crippen molar-refractivity contribution in [2.24, 2.45) is 0 Å². The highest BCUT2D eigenvalue weighted by Gasteiger charge is 2.26. The van der Waals surface area contributed by atoms with E-state index >= 15 is 0 Å². The molecular weight excluding hydrogens is 392 g/mol. The third-order valence-corrected chi connectivity index (χ3v) is 7.79. The van der Waals surface area contributed by atoms with Crippen LogP contribution in [0.25, 0.3) is 0 Å². The number of carbonyl (C=O) groups excluding carboxylic acids is 1. The molecule has 1 saturated carbocycles. The van der Waals surface area contributed by atoms with Crippen LogP contribution in [0.1, 0.15) is 43.2 Å². The summed E-state index contributed by atoms with van der Waals surface area (Å²) in [4.78, 5) is 14.4. The lowest BCUT2D eigenvalue weighted by molar-refractivity contribution is -0.137. The molecule has 29 heavy (non-hydrogen) atoms. The molecule has 0 spiro atoms. The zero-order valence-electron chi connectivity index (χ0n) is 18.2. The van der Waals surface area contributed by atoms with Gasteiger partial charge in [-0.05, 0) is 49.9 Å². The van der Waals surface area contributed by atoms with E-state index in [1.165, 1.54) is 17.8 Å². The number of hydrogen-bond acceptors (Lipinski definition) is 5. The molecule has 1 aromatic carbocycles. The van der Waals surface area contributed by atoms with Gasteiger partial charge < -0.3 is 14.4 Å². The predicted octanol–water partition coefficient (Wildman–Crippen LogP) is 2.74. The minimum absolute atomic E-state index is 0.0263. The summed E-state index contributed by atoms with van der Waals surface area (Å²) in [7, 11) is 1.25. The molecule has 164 valence electrons. The van der Waals surface area contributed by atoms with Gasteiger partial charge in [-0.1, -0.05) is 19.3 Å². The summed E-state index contributed by atoms with van der Waals surface area (Å²) in [6.07, 6.45) is 5.66. The van der Waals surface area contributed by atoms with Crippen molar-refractivity contribution in [2.45, 2.75) is 56.9 Å². The summed E-state index contributed by atoms with van der Waals surface area (Å²) in [5.41, 5.74) is 1.28. The van der Waals surface area contributed by atoms with Gasteiger partial charge >= 0.3 is 0 Å². The van der Waals surface area contributed by atoms with Crippen LogP contribution >= 0.6 is 0 Å².